The molecule has 1 unspecified atom stereocenters. The molecule has 2 aliphatic rings. The van der Waals surface area contributed by atoms with Gasteiger partial charge in [0, 0.05) is 43.8 Å². The van der Waals surface area contributed by atoms with Crippen molar-refractivity contribution in [2.45, 2.75) is 44.2 Å². The van der Waals surface area contributed by atoms with Gasteiger partial charge < -0.3 is 14.0 Å². The van der Waals surface area contributed by atoms with E-state index in [-0.39, 0.29) is 5.60 Å². The van der Waals surface area contributed by atoms with Crippen molar-refractivity contribution in [1.29, 1.82) is 0 Å². The number of ether oxygens (including phenoxy) is 2. The fourth-order valence-electron chi connectivity index (χ4n) is 4.05. The maximum atomic E-state index is 6.48. The molecule has 1 aromatic carbocycles. The Kier molecular flexibility index (Phi) is 4.37. The van der Waals surface area contributed by atoms with Crippen molar-refractivity contribution in [2.24, 2.45) is 0 Å². The number of imidazole rings is 1. The van der Waals surface area contributed by atoms with Gasteiger partial charge in [-0.05, 0) is 44.2 Å². The molecule has 2 aliphatic heterocycles. The number of rotatable bonds is 2. The second kappa shape index (κ2) is 6.51. The molecule has 3 heterocycles. The van der Waals surface area contributed by atoms with Crippen LogP contribution >= 0.6 is 11.6 Å². The Labute approximate surface area is 147 Å². The van der Waals surface area contributed by atoms with Crippen LogP contribution in [0.15, 0.2) is 30.6 Å². The van der Waals surface area contributed by atoms with Gasteiger partial charge in [0.2, 0.25) is 0 Å². The molecule has 1 atom stereocenters. The fourth-order valence-corrected chi connectivity index (χ4v) is 4.35. The normalized spacial score (nSPS) is 23.5. The summed E-state index contributed by atoms with van der Waals surface area (Å²) < 4.78 is 14.0. The highest BCUT2D eigenvalue weighted by molar-refractivity contribution is 6.33. The van der Waals surface area contributed by atoms with E-state index >= 15 is 0 Å². The molecule has 4 rings (SSSR count). The maximum Gasteiger partial charge on any atom is 0.141 e. The number of hydrogen-bond donors (Lipinski definition) is 0. The molecule has 0 bridgehead atoms. The van der Waals surface area contributed by atoms with Gasteiger partial charge in [-0.3, -0.25) is 0 Å². The summed E-state index contributed by atoms with van der Waals surface area (Å²) in [6.45, 7) is 4.48. The Hall–Kier alpha value is -1.36. The molecule has 0 N–H and O–H groups in total. The van der Waals surface area contributed by atoms with Gasteiger partial charge in [0.15, 0.2) is 0 Å². The molecule has 128 valence electrons. The Bertz CT molecular complexity index is 696. The molecule has 0 radical (unpaired) electrons. The second-order valence-corrected chi connectivity index (χ2v) is 7.29. The molecular weight excluding hydrogens is 324 g/mol. The minimum atomic E-state index is -0.0295. The minimum absolute atomic E-state index is 0.0295. The van der Waals surface area contributed by atoms with E-state index in [0.29, 0.717) is 6.04 Å². The summed E-state index contributed by atoms with van der Waals surface area (Å²) in [5.41, 5.74) is 2.16. The van der Waals surface area contributed by atoms with Gasteiger partial charge in [-0.1, -0.05) is 23.7 Å². The summed E-state index contributed by atoms with van der Waals surface area (Å²) in [6, 6.07) is 6.40. The zero-order chi connectivity index (χ0) is 16.6. The summed E-state index contributed by atoms with van der Waals surface area (Å²) in [5, 5.41) is 0.760. The number of aryl methyl sites for hydroxylation is 1. The van der Waals surface area contributed by atoms with Gasteiger partial charge in [0.1, 0.15) is 5.82 Å². The smallest absolute Gasteiger partial charge is 0.141 e. The van der Waals surface area contributed by atoms with Gasteiger partial charge in [-0.25, -0.2) is 4.98 Å². The van der Waals surface area contributed by atoms with Crippen molar-refractivity contribution in [2.75, 3.05) is 19.8 Å². The molecule has 1 spiro atoms. The Balaban J connectivity index is 1.67. The molecule has 0 aliphatic carbocycles. The largest absolute Gasteiger partial charge is 0.381 e. The van der Waals surface area contributed by atoms with Crippen LogP contribution in [0.5, 0.6) is 0 Å². The number of hydrogen-bond acceptors (Lipinski definition) is 3. The van der Waals surface area contributed by atoms with E-state index in [4.69, 9.17) is 21.1 Å². The predicted molar refractivity (Wildman–Crippen MR) is 94.4 cm³/mol. The van der Waals surface area contributed by atoms with Crippen LogP contribution in [-0.2, 0) is 9.47 Å². The molecule has 2 saturated heterocycles. The first-order valence-electron chi connectivity index (χ1n) is 8.69. The number of benzene rings is 1. The lowest BCUT2D eigenvalue weighted by molar-refractivity contribution is -0.144. The highest BCUT2D eigenvalue weighted by Gasteiger charge is 2.40. The first-order chi connectivity index (χ1) is 11.7. The van der Waals surface area contributed by atoms with Crippen molar-refractivity contribution >= 4 is 11.6 Å². The van der Waals surface area contributed by atoms with Crippen LogP contribution in [0.1, 0.15) is 37.3 Å². The highest BCUT2D eigenvalue weighted by Crippen LogP contribution is 2.41. The van der Waals surface area contributed by atoms with E-state index in [0.717, 1.165) is 67.5 Å². The first kappa shape index (κ1) is 16.1. The third kappa shape index (κ3) is 2.87. The minimum Gasteiger partial charge on any atom is -0.381 e. The third-order valence-corrected chi connectivity index (χ3v) is 5.69. The second-order valence-electron chi connectivity index (χ2n) is 6.88. The van der Waals surface area contributed by atoms with Crippen LogP contribution in [0.3, 0.4) is 0 Å². The number of aromatic nitrogens is 2. The molecule has 24 heavy (non-hydrogen) atoms. The maximum absolute atomic E-state index is 6.48. The van der Waals surface area contributed by atoms with Gasteiger partial charge in [-0.15, -0.1) is 0 Å². The average molecular weight is 347 g/mol. The van der Waals surface area contributed by atoms with Crippen molar-refractivity contribution in [3.63, 3.8) is 0 Å². The van der Waals surface area contributed by atoms with Gasteiger partial charge >= 0.3 is 0 Å². The highest BCUT2D eigenvalue weighted by atomic mass is 35.5. The zero-order valence-corrected chi connectivity index (χ0v) is 14.8. The Morgan fingerprint density at radius 1 is 1.25 bits per heavy atom. The van der Waals surface area contributed by atoms with E-state index < -0.39 is 0 Å². The first-order valence-corrected chi connectivity index (χ1v) is 9.06. The van der Waals surface area contributed by atoms with Crippen molar-refractivity contribution in [1.82, 2.24) is 9.55 Å². The molecule has 5 heteroatoms. The monoisotopic (exact) mass is 346 g/mol. The molecule has 2 fully saturated rings. The fraction of sp³-hybridized carbons (Fsp3) is 0.526. The third-order valence-electron chi connectivity index (χ3n) is 5.38. The zero-order valence-electron chi connectivity index (χ0n) is 14.0. The van der Waals surface area contributed by atoms with E-state index in [2.05, 4.69) is 28.7 Å². The SMILES string of the molecule is Cc1cccc(Cl)c1-c1nccn1C1CCOC2(CCOCC2)C1. The summed E-state index contributed by atoms with van der Waals surface area (Å²) in [6.07, 6.45) is 7.96. The van der Waals surface area contributed by atoms with Gasteiger partial charge in [0.25, 0.3) is 0 Å². The Morgan fingerprint density at radius 2 is 2.08 bits per heavy atom. The topological polar surface area (TPSA) is 36.3 Å². The van der Waals surface area contributed by atoms with Crippen LogP contribution in [0.4, 0.5) is 0 Å². The van der Waals surface area contributed by atoms with Gasteiger partial charge in [-0.2, -0.15) is 0 Å². The lowest BCUT2D eigenvalue weighted by Crippen LogP contribution is -2.44. The van der Waals surface area contributed by atoms with E-state index in [1.54, 1.807) is 0 Å². The van der Waals surface area contributed by atoms with Crippen molar-refractivity contribution in [3.8, 4) is 11.4 Å². The van der Waals surface area contributed by atoms with E-state index in [1.165, 1.54) is 0 Å². The lowest BCUT2D eigenvalue weighted by atomic mass is 9.84. The summed E-state index contributed by atoms with van der Waals surface area (Å²) in [5.74, 6) is 0.965. The van der Waals surface area contributed by atoms with Crippen LogP contribution in [0.2, 0.25) is 5.02 Å². The van der Waals surface area contributed by atoms with Crippen LogP contribution in [-0.4, -0.2) is 35.0 Å². The molecule has 0 saturated carbocycles. The predicted octanol–water partition coefficient (Wildman–Crippen LogP) is 4.41. The standard InChI is InChI=1S/C19H23ClN2O2/c1-14-3-2-4-16(20)17(14)18-21-8-9-22(18)15-5-10-24-19(13-15)6-11-23-12-7-19/h2-4,8-9,15H,5-7,10-13H2,1H3. The number of halogens is 1. The molecule has 2 aromatic rings. The van der Waals surface area contributed by atoms with Crippen LogP contribution in [0, 0.1) is 6.92 Å². The molecule has 1 aromatic heterocycles. The average Bonchev–Trinajstić information content (AvgIpc) is 3.05. The van der Waals surface area contributed by atoms with Crippen LogP contribution < -0.4 is 0 Å². The van der Waals surface area contributed by atoms with Crippen LogP contribution in [0.25, 0.3) is 11.4 Å². The summed E-state index contributed by atoms with van der Waals surface area (Å²) in [4.78, 5) is 4.63. The number of nitrogens with zero attached hydrogens (tertiary/aromatic N) is 2. The Morgan fingerprint density at radius 3 is 2.88 bits per heavy atom. The van der Waals surface area contributed by atoms with Crippen molar-refractivity contribution < 1.29 is 9.47 Å². The van der Waals surface area contributed by atoms with E-state index in [9.17, 15) is 0 Å². The summed E-state index contributed by atoms with van der Waals surface area (Å²) in [7, 11) is 0. The quantitative estimate of drug-likeness (QED) is 0.808. The molecule has 0 amide bonds. The lowest BCUT2D eigenvalue weighted by Gasteiger charge is -2.43. The van der Waals surface area contributed by atoms with Crippen molar-refractivity contribution in [3.05, 3.63) is 41.2 Å². The van der Waals surface area contributed by atoms with Gasteiger partial charge in [0.05, 0.1) is 10.6 Å². The molecular formula is C19H23ClN2O2. The van der Waals surface area contributed by atoms with E-state index in [1.807, 2.05) is 18.3 Å². The summed E-state index contributed by atoms with van der Waals surface area (Å²) >= 11 is 6.48. The molecule has 4 nitrogen and oxygen atoms in total.